The van der Waals surface area contributed by atoms with Gasteiger partial charge in [-0.3, -0.25) is 0 Å². The topological polar surface area (TPSA) is 107 Å². The standard InChI is InChI=1S/C17H12ClNO5/c18-11-6-9(7-13(20)16(11)23)5-10(8-15(21)22)17-19-12-3-1-2-4-14(12)24-17/h1-7,20,23H,8H2,(H,21,22)/p-1/b10-5+. The van der Waals surface area contributed by atoms with Crippen molar-refractivity contribution < 1.29 is 24.5 Å². The van der Waals surface area contributed by atoms with E-state index < -0.39 is 23.9 Å². The van der Waals surface area contributed by atoms with Crippen LogP contribution in [0.5, 0.6) is 11.5 Å². The molecule has 0 unspecified atom stereocenters. The summed E-state index contributed by atoms with van der Waals surface area (Å²) in [4.78, 5) is 15.3. The number of carboxylic acid groups (broad SMARTS) is 1. The van der Waals surface area contributed by atoms with Crippen LogP contribution >= 0.6 is 11.6 Å². The number of rotatable bonds is 4. The van der Waals surface area contributed by atoms with Gasteiger partial charge < -0.3 is 24.5 Å². The lowest BCUT2D eigenvalue weighted by Gasteiger charge is -2.06. The highest BCUT2D eigenvalue weighted by atomic mass is 35.5. The summed E-state index contributed by atoms with van der Waals surface area (Å²) in [6.07, 6.45) is 1.01. The summed E-state index contributed by atoms with van der Waals surface area (Å²) in [7, 11) is 0. The highest BCUT2D eigenvalue weighted by Crippen LogP contribution is 2.35. The van der Waals surface area contributed by atoms with Gasteiger partial charge in [0, 0.05) is 18.0 Å². The molecule has 2 aromatic carbocycles. The number of hydrogen-bond acceptors (Lipinski definition) is 6. The van der Waals surface area contributed by atoms with Crippen molar-refractivity contribution in [3.8, 4) is 11.5 Å². The van der Waals surface area contributed by atoms with Gasteiger partial charge in [0.25, 0.3) is 0 Å². The van der Waals surface area contributed by atoms with Crippen LogP contribution in [-0.4, -0.2) is 21.2 Å². The van der Waals surface area contributed by atoms with Crippen LogP contribution in [0, 0.1) is 0 Å². The molecule has 0 saturated carbocycles. The third-order valence-electron chi connectivity index (χ3n) is 3.31. The number of hydrogen-bond donors (Lipinski definition) is 2. The molecule has 1 aromatic heterocycles. The molecular formula is C17H11ClNO5-. The molecule has 3 rings (SSSR count). The smallest absolute Gasteiger partial charge is 0.223 e. The first kappa shape index (κ1) is 15.9. The Labute approximate surface area is 141 Å². The molecule has 24 heavy (non-hydrogen) atoms. The minimum absolute atomic E-state index is 0.0633. The van der Waals surface area contributed by atoms with Gasteiger partial charge in [-0.2, -0.15) is 0 Å². The number of oxazole rings is 1. The molecule has 0 spiro atoms. The van der Waals surface area contributed by atoms with E-state index in [1.54, 1.807) is 24.3 Å². The monoisotopic (exact) mass is 344 g/mol. The van der Waals surface area contributed by atoms with Gasteiger partial charge in [0.05, 0.1) is 5.02 Å². The molecule has 2 N–H and O–H groups in total. The van der Waals surface area contributed by atoms with E-state index in [9.17, 15) is 20.1 Å². The summed E-state index contributed by atoms with van der Waals surface area (Å²) < 4.78 is 5.57. The number of carboxylic acids is 1. The highest BCUT2D eigenvalue weighted by molar-refractivity contribution is 6.32. The lowest BCUT2D eigenvalue weighted by atomic mass is 10.1. The van der Waals surface area contributed by atoms with Gasteiger partial charge in [0.2, 0.25) is 5.89 Å². The van der Waals surface area contributed by atoms with Crippen LogP contribution in [0.4, 0.5) is 0 Å². The molecule has 0 aliphatic heterocycles. The number of benzene rings is 2. The number of halogens is 1. The first-order valence-electron chi connectivity index (χ1n) is 6.92. The maximum Gasteiger partial charge on any atom is 0.223 e. The van der Waals surface area contributed by atoms with Crippen LogP contribution in [0.25, 0.3) is 22.7 Å². The molecule has 0 bridgehead atoms. The van der Waals surface area contributed by atoms with Crippen LogP contribution in [0.3, 0.4) is 0 Å². The minimum Gasteiger partial charge on any atom is -0.550 e. The van der Waals surface area contributed by atoms with Crippen LogP contribution in [0.2, 0.25) is 5.02 Å². The zero-order chi connectivity index (χ0) is 17.3. The van der Waals surface area contributed by atoms with E-state index in [1.165, 1.54) is 18.2 Å². The van der Waals surface area contributed by atoms with E-state index in [1.807, 2.05) is 0 Å². The van der Waals surface area contributed by atoms with Crippen molar-refractivity contribution in [3.05, 3.63) is 52.9 Å². The van der Waals surface area contributed by atoms with Crippen molar-refractivity contribution in [1.82, 2.24) is 4.98 Å². The van der Waals surface area contributed by atoms with Crippen molar-refractivity contribution >= 4 is 40.3 Å². The third-order valence-corrected chi connectivity index (χ3v) is 3.60. The highest BCUT2D eigenvalue weighted by Gasteiger charge is 2.13. The second kappa shape index (κ2) is 6.25. The van der Waals surface area contributed by atoms with E-state index in [-0.39, 0.29) is 16.5 Å². The Bertz CT molecular complexity index is 905. The van der Waals surface area contributed by atoms with Gasteiger partial charge in [0.15, 0.2) is 17.1 Å². The van der Waals surface area contributed by atoms with Crippen LogP contribution < -0.4 is 5.11 Å². The van der Waals surface area contributed by atoms with Gasteiger partial charge in [-0.1, -0.05) is 23.7 Å². The Morgan fingerprint density at radius 1 is 1.29 bits per heavy atom. The number of aliphatic carboxylic acids is 1. The zero-order valence-corrected chi connectivity index (χ0v) is 12.9. The van der Waals surface area contributed by atoms with Crippen LogP contribution in [0.1, 0.15) is 17.9 Å². The van der Waals surface area contributed by atoms with E-state index in [0.29, 0.717) is 16.7 Å². The molecule has 0 atom stereocenters. The number of phenols is 2. The molecule has 0 saturated heterocycles. The Balaban J connectivity index is 2.10. The Morgan fingerprint density at radius 3 is 2.71 bits per heavy atom. The summed E-state index contributed by atoms with van der Waals surface area (Å²) in [5.41, 5.74) is 1.73. The summed E-state index contributed by atoms with van der Waals surface area (Å²) in [6.45, 7) is 0. The number of carbonyl (C=O) groups is 1. The quantitative estimate of drug-likeness (QED) is 0.704. The van der Waals surface area contributed by atoms with E-state index >= 15 is 0 Å². The maximum atomic E-state index is 11.0. The van der Waals surface area contributed by atoms with E-state index in [0.717, 1.165) is 0 Å². The molecule has 7 heteroatoms. The molecule has 0 aliphatic rings. The average molecular weight is 345 g/mol. The Kier molecular flexibility index (Phi) is 4.14. The molecule has 0 amide bonds. The summed E-state index contributed by atoms with van der Waals surface area (Å²) in [5.74, 6) is -2.04. The minimum atomic E-state index is -1.31. The number of carbonyl (C=O) groups excluding carboxylic acids is 1. The number of para-hydroxylation sites is 2. The van der Waals surface area contributed by atoms with E-state index in [4.69, 9.17) is 16.0 Å². The number of phenolic OH excluding ortho intramolecular Hbond substituents is 2. The van der Waals surface area contributed by atoms with Gasteiger partial charge >= 0.3 is 0 Å². The number of nitrogens with zero attached hydrogens (tertiary/aromatic N) is 1. The number of fused-ring (bicyclic) bond motifs is 1. The van der Waals surface area contributed by atoms with Gasteiger partial charge in [-0.05, 0) is 35.9 Å². The fraction of sp³-hybridized carbons (Fsp3) is 0.0588. The summed E-state index contributed by atoms with van der Waals surface area (Å²) in [5, 5.41) is 30.1. The largest absolute Gasteiger partial charge is 0.550 e. The molecule has 0 fully saturated rings. The Hall–Kier alpha value is -2.99. The predicted octanol–water partition coefficient (Wildman–Crippen LogP) is 2.57. The maximum absolute atomic E-state index is 11.0. The van der Waals surface area contributed by atoms with Gasteiger partial charge in [-0.25, -0.2) is 4.98 Å². The summed E-state index contributed by atoms with van der Waals surface area (Å²) >= 11 is 5.81. The third kappa shape index (κ3) is 3.18. The summed E-state index contributed by atoms with van der Waals surface area (Å²) in [6, 6.07) is 9.65. The first-order valence-corrected chi connectivity index (χ1v) is 7.29. The SMILES string of the molecule is O=C([O-])C/C(=C\c1cc(O)c(O)c(Cl)c1)c1nc2ccccc2o1. The predicted molar refractivity (Wildman–Crippen MR) is 86.3 cm³/mol. The van der Waals surface area contributed by atoms with Crippen molar-refractivity contribution in [2.24, 2.45) is 0 Å². The molecule has 0 aliphatic carbocycles. The van der Waals surface area contributed by atoms with Crippen molar-refractivity contribution in [2.75, 3.05) is 0 Å². The molecule has 122 valence electrons. The Morgan fingerprint density at radius 2 is 2.04 bits per heavy atom. The van der Waals surface area contributed by atoms with Crippen molar-refractivity contribution in [1.29, 1.82) is 0 Å². The average Bonchev–Trinajstić information content (AvgIpc) is 2.95. The van der Waals surface area contributed by atoms with Crippen molar-refractivity contribution in [3.63, 3.8) is 0 Å². The normalized spacial score (nSPS) is 11.8. The van der Waals surface area contributed by atoms with Gasteiger partial charge in [-0.15, -0.1) is 0 Å². The van der Waals surface area contributed by atoms with E-state index in [2.05, 4.69) is 4.98 Å². The first-order chi connectivity index (χ1) is 11.4. The van der Waals surface area contributed by atoms with Gasteiger partial charge in [0.1, 0.15) is 5.52 Å². The zero-order valence-electron chi connectivity index (χ0n) is 12.2. The van der Waals surface area contributed by atoms with Crippen LogP contribution in [0.15, 0.2) is 40.8 Å². The number of aromatic nitrogens is 1. The lowest BCUT2D eigenvalue weighted by molar-refractivity contribution is -0.304. The fourth-order valence-corrected chi connectivity index (χ4v) is 2.47. The molecule has 1 heterocycles. The number of aromatic hydroxyl groups is 2. The second-order valence-electron chi connectivity index (χ2n) is 5.08. The molecule has 0 radical (unpaired) electrons. The fourth-order valence-electron chi connectivity index (χ4n) is 2.24. The second-order valence-corrected chi connectivity index (χ2v) is 5.48. The van der Waals surface area contributed by atoms with Crippen molar-refractivity contribution in [2.45, 2.75) is 6.42 Å². The van der Waals surface area contributed by atoms with Crippen LogP contribution in [-0.2, 0) is 4.79 Å². The lowest BCUT2D eigenvalue weighted by Crippen LogP contribution is -2.22. The molecule has 6 nitrogen and oxygen atoms in total. The molecule has 3 aromatic rings. The molecular weight excluding hydrogens is 334 g/mol.